The van der Waals surface area contributed by atoms with E-state index in [-0.39, 0.29) is 16.5 Å². The Balaban J connectivity index is 3.07. The first-order valence-corrected chi connectivity index (χ1v) is 4.69. The molecule has 0 bridgehead atoms. The predicted molar refractivity (Wildman–Crippen MR) is 52.3 cm³/mol. The highest BCUT2D eigenvalue weighted by atomic mass is 79.9. The number of halogens is 4. The molecule has 0 aliphatic carbocycles. The molecule has 0 aliphatic heterocycles. The summed E-state index contributed by atoms with van der Waals surface area (Å²) in [7, 11) is 1.36. The van der Waals surface area contributed by atoms with Crippen LogP contribution in [0.3, 0.4) is 0 Å². The fourth-order valence-electron chi connectivity index (χ4n) is 0.858. The van der Waals surface area contributed by atoms with Crippen LogP contribution >= 0.6 is 27.5 Å². The van der Waals surface area contributed by atoms with Gasteiger partial charge in [-0.3, -0.25) is 0 Å². The van der Waals surface area contributed by atoms with Gasteiger partial charge in [-0.05, 0) is 22.0 Å². The first kappa shape index (κ1) is 11.5. The summed E-state index contributed by atoms with van der Waals surface area (Å²) in [6.45, 7) is -2.90. The Morgan fingerprint density at radius 3 is 2.50 bits per heavy atom. The Labute approximate surface area is 92.9 Å². The quantitative estimate of drug-likeness (QED) is 0.843. The zero-order valence-corrected chi connectivity index (χ0v) is 9.40. The van der Waals surface area contributed by atoms with Gasteiger partial charge in [0.05, 0.1) is 12.1 Å². The van der Waals surface area contributed by atoms with E-state index in [0.717, 1.165) is 0 Å². The molecule has 14 heavy (non-hydrogen) atoms. The number of rotatable bonds is 3. The van der Waals surface area contributed by atoms with Crippen LogP contribution < -0.4 is 9.47 Å². The standard InChI is InChI=1S/C8H6BrClF2O2/c1-13-6-2-4(9)5(10)3-7(6)14-8(11)12/h2-3,8H,1H3. The molecular formula is C8H6BrClF2O2. The van der Waals surface area contributed by atoms with Gasteiger partial charge in [-0.2, -0.15) is 8.78 Å². The van der Waals surface area contributed by atoms with E-state index < -0.39 is 6.61 Å². The molecule has 0 amide bonds. The predicted octanol–water partition coefficient (Wildman–Crippen LogP) is 3.71. The minimum absolute atomic E-state index is 0.0873. The summed E-state index contributed by atoms with van der Waals surface area (Å²) >= 11 is 8.83. The van der Waals surface area contributed by atoms with Gasteiger partial charge < -0.3 is 9.47 Å². The summed E-state index contributed by atoms with van der Waals surface area (Å²) in [6, 6.07) is 2.72. The molecule has 78 valence electrons. The van der Waals surface area contributed by atoms with E-state index in [9.17, 15) is 8.78 Å². The molecule has 0 atom stereocenters. The van der Waals surface area contributed by atoms with Gasteiger partial charge in [0.15, 0.2) is 11.5 Å². The average molecular weight is 287 g/mol. The van der Waals surface area contributed by atoms with E-state index in [0.29, 0.717) is 4.47 Å². The van der Waals surface area contributed by atoms with Gasteiger partial charge in [0, 0.05) is 10.5 Å². The SMILES string of the molecule is COc1cc(Br)c(Cl)cc1OC(F)F. The molecule has 1 aromatic carbocycles. The van der Waals surface area contributed by atoms with Crippen molar-refractivity contribution < 1.29 is 18.3 Å². The molecule has 1 rings (SSSR count). The van der Waals surface area contributed by atoms with E-state index in [1.165, 1.54) is 19.2 Å². The van der Waals surface area contributed by atoms with Crippen molar-refractivity contribution in [3.63, 3.8) is 0 Å². The number of ether oxygens (including phenoxy) is 2. The van der Waals surface area contributed by atoms with Crippen LogP contribution in [-0.2, 0) is 0 Å². The largest absolute Gasteiger partial charge is 0.493 e. The lowest BCUT2D eigenvalue weighted by Gasteiger charge is -2.10. The van der Waals surface area contributed by atoms with Crippen molar-refractivity contribution in [1.29, 1.82) is 0 Å². The van der Waals surface area contributed by atoms with Crippen molar-refractivity contribution in [2.45, 2.75) is 6.61 Å². The van der Waals surface area contributed by atoms with Crippen molar-refractivity contribution in [2.75, 3.05) is 7.11 Å². The third-order valence-corrected chi connectivity index (χ3v) is 2.62. The van der Waals surface area contributed by atoms with Gasteiger partial charge in [0.1, 0.15) is 0 Å². The van der Waals surface area contributed by atoms with Gasteiger partial charge in [0.25, 0.3) is 0 Å². The van der Waals surface area contributed by atoms with E-state index in [4.69, 9.17) is 16.3 Å². The summed E-state index contributed by atoms with van der Waals surface area (Å²) in [5, 5.41) is 0.279. The third kappa shape index (κ3) is 2.72. The minimum atomic E-state index is -2.90. The highest BCUT2D eigenvalue weighted by molar-refractivity contribution is 9.10. The van der Waals surface area contributed by atoms with Crippen molar-refractivity contribution in [3.05, 3.63) is 21.6 Å². The molecule has 0 aromatic heterocycles. The van der Waals surface area contributed by atoms with Crippen LogP contribution in [0, 0.1) is 0 Å². The molecule has 0 radical (unpaired) electrons. The van der Waals surface area contributed by atoms with Crippen molar-refractivity contribution in [3.8, 4) is 11.5 Å². The molecule has 0 spiro atoms. The monoisotopic (exact) mass is 286 g/mol. The Bertz CT molecular complexity index is 333. The first-order chi connectivity index (χ1) is 6.54. The summed E-state index contributed by atoms with van der Waals surface area (Å²) in [5.74, 6) is 0.109. The maximum absolute atomic E-state index is 11.9. The van der Waals surface area contributed by atoms with Gasteiger partial charge in [-0.15, -0.1) is 0 Å². The first-order valence-electron chi connectivity index (χ1n) is 3.52. The summed E-state index contributed by atoms with van der Waals surface area (Å²) in [5.41, 5.74) is 0. The highest BCUT2D eigenvalue weighted by Crippen LogP contribution is 2.36. The van der Waals surface area contributed by atoms with E-state index in [1.807, 2.05) is 0 Å². The van der Waals surface area contributed by atoms with Gasteiger partial charge >= 0.3 is 6.61 Å². The fraction of sp³-hybridized carbons (Fsp3) is 0.250. The second-order valence-electron chi connectivity index (χ2n) is 2.30. The lowest BCUT2D eigenvalue weighted by Crippen LogP contribution is -2.03. The Kier molecular flexibility index (Phi) is 3.95. The van der Waals surface area contributed by atoms with E-state index in [1.54, 1.807) is 0 Å². The lowest BCUT2D eigenvalue weighted by atomic mass is 10.3. The smallest absolute Gasteiger partial charge is 0.387 e. The van der Waals surface area contributed by atoms with Gasteiger partial charge in [-0.25, -0.2) is 0 Å². The van der Waals surface area contributed by atoms with E-state index in [2.05, 4.69) is 20.7 Å². The molecule has 0 N–H and O–H groups in total. The van der Waals surface area contributed by atoms with Crippen LogP contribution in [-0.4, -0.2) is 13.7 Å². The van der Waals surface area contributed by atoms with Crippen LogP contribution in [0.1, 0.15) is 0 Å². The van der Waals surface area contributed by atoms with Crippen LogP contribution in [0.5, 0.6) is 11.5 Å². The highest BCUT2D eigenvalue weighted by Gasteiger charge is 2.12. The zero-order valence-electron chi connectivity index (χ0n) is 7.06. The van der Waals surface area contributed by atoms with Crippen LogP contribution in [0.4, 0.5) is 8.78 Å². The zero-order chi connectivity index (χ0) is 10.7. The number of hydrogen-bond acceptors (Lipinski definition) is 2. The number of benzene rings is 1. The third-order valence-electron chi connectivity index (χ3n) is 1.42. The summed E-state index contributed by atoms with van der Waals surface area (Å²) < 4.78 is 33.5. The molecule has 0 heterocycles. The molecule has 0 saturated heterocycles. The Hall–Kier alpha value is -0.550. The number of hydrogen-bond donors (Lipinski definition) is 0. The van der Waals surface area contributed by atoms with Crippen LogP contribution in [0.2, 0.25) is 5.02 Å². The molecule has 2 nitrogen and oxygen atoms in total. The van der Waals surface area contributed by atoms with Crippen molar-refractivity contribution >= 4 is 27.5 Å². The topological polar surface area (TPSA) is 18.5 Å². The maximum atomic E-state index is 11.9. The summed E-state index contributed by atoms with van der Waals surface area (Å²) in [4.78, 5) is 0. The summed E-state index contributed by atoms with van der Waals surface area (Å²) in [6.07, 6.45) is 0. The van der Waals surface area contributed by atoms with Crippen molar-refractivity contribution in [2.24, 2.45) is 0 Å². The molecule has 1 aromatic rings. The molecule has 0 aliphatic rings. The Morgan fingerprint density at radius 2 is 2.00 bits per heavy atom. The van der Waals surface area contributed by atoms with Gasteiger partial charge in [0.2, 0.25) is 0 Å². The van der Waals surface area contributed by atoms with Crippen molar-refractivity contribution in [1.82, 2.24) is 0 Å². The number of methoxy groups -OCH3 is 1. The van der Waals surface area contributed by atoms with E-state index >= 15 is 0 Å². The minimum Gasteiger partial charge on any atom is -0.493 e. The van der Waals surface area contributed by atoms with Crippen LogP contribution in [0.15, 0.2) is 16.6 Å². The second-order valence-corrected chi connectivity index (χ2v) is 3.56. The van der Waals surface area contributed by atoms with Crippen LogP contribution in [0.25, 0.3) is 0 Å². The second kappa shape index (κ2) is 4.79. The molecule has 0 saturated carbocycles. The molecule has 0 fully saturated rings. The Morgan fingerprint density at radius 1 is 1.36 bits per heavy atom. The maximum Gasteiger partial charge on any atom is 0.387 e. The average Bonchev–Trinajstić information content (AvgIpc) is 2.10. The molecular weight excluding hydrogens is 281 g/mol. The molecule has 6 heteroatoms. The number of alkyl halides is 2. The normalized spacial score (nSPS) is 10.4. The molecule has 0 unspecified atom stereocenters. The fourth-order valence-corrected chi connectivity index (χ4v) is 1.33. The lowest BCUT2D eigenvalue weighted by molar-refractivity contribution is -0.0512. The van der Waals surface area contributed by atoms with Gasteiger partial charge in [-0.1, -0.05) is 11.6 Å².